The minimum atomic E-state index is -0.121. The molecule has 0 aromatic heterocycles. The lowest BCUT2D eigenvalue weighted by atomic mass is 9.92. The summed E-state index contributed by atoms with van der Waals surface area (Å²) in [5, 5.41) is 0. The van der Waals surface area contributed by atoms with Crippen LogP contribution in [0.25, 0.3) is 0 Å². The van der Waals surface area contributed by atoms with Gasteiger partial charge in [0.25, 0.3) is 0 Å². The maximum Gasteiger partial charge on any atom is 0.305 e. The van der Waals surface area contributed by atoms with E-state index in [2.05, 4.69) is 23.8 Å². The lowest BCUT2D eigenvalue weighted by molar-refractivity contribution is -0.140. The molecule has 2 nitrogen and oxygen atoms in total. The molecule has 0 radical (unpaired) electrons. The second kappa shape index (κ2) is 6.23. The van der Waals surface area contributed by atoms with Crippen molar-refractivity contribution in [2.24, 2.45) is 0 Å². The Bertz CT molecular complexity index is 293. The van der Waals surface area contributed by atoms with Crippen LogP contribution in [-0.4, -0.2) is 13.1 Å². The molecular weight excluding hydrogens is 188 g/mol. The molecule has 0 heterocycles. The summed E-state index contributed by atoms with van der Waals surface area (Å²) in [6.07, 6.45) is 2.43. The van der Waals surface area contributed by atoms with Gasteiger partial charge in [-0.1, -0.05) is 37.3 Å². The third kappa shape index (κ3) is 3.74. The molecule has 0 aliphatic heterocycles. The average Bonchev–Trinajstić information content (AvgIpc) is 2.31. The van der Waals surface area contributed by atoms with Crippen molar-refractivity contribution in [2.45, 2.75) is 32.1 Å². The summed E-state index contributed by atoms with van der Waals surface area (Å²) in [6.45, 7) is 2.15. The van der Waals surface area contributed by atoms with Crippen molar-refractivity contribution in [3.05, 3.63) is 35.9 Å². The Morgan fingerprint density at radius 3 is 2.53 bits per heavy atom. The quantitative estimate of drug-likeness (QED) is 0.692. The fourth-order valence-electron chi connectivity index (χ4n) is 1.73. The molecule has 0 amide bonds. The topological polar surface area (TPSA) is 26.3 Å². The van der Waals surface area contributed by atoms with Crippen LogP contribution in [0.2, 0.25) is 0 Å². The summed E-state index contributed by atoms with van der Waals surface area (Å²) in [5.74, 6) is 0.342. The highest BCUT2D eigenvalue weighted by Gasteiger charge is 2.11. The van der Waals surface area contributed by atoms with Crippen LogP contribution < -0.4 is 0 Å². The number of benzene rings is 1. The van der Waals surface area contributed by atoms with Gasteiger partial charge in [-0.3, -0.25) is 4.79 Å². The van der Waals surface area contributed by atoms with Crippen molar-refractivity contribution in [3.63, 3.8) is 0 Å². The Hall–Kier alpha value is -1.31. The van der Waals surface area contributed by atoms with Gasteiger partial charge < -0.3 is 4.74 Å². The Labute approximate surface area is 91.3 Å². The number of methoxy groups -OCH3 is 1. The molecule has 2 heteroatoms. The van der Waals surface area contributed by atoms with Crippen LogP contribution in [-0.2, 0) is 9.53 Å². The normalized spacial score (nSPS) is 12.1. The van der Waals surface area contributed by atoms with E-state index in [4.69, 9.17) is 0 Å². The van der Waals surface area contributed by atoms with E-state index in [0.717, 1.165) is 12.8 Å². The highest BCUT2D eigenvalue weighted by molar-refractivity contribution is 5.69. The zero-order valence-electron chi connectivity index (χ0n) is 9.40. The van der Waals surface area contributed by atoms with Crippen LogP contribution in [0.3, 0.4) is 0 Å². The second-order valence-corrected chi connectivity index (χ2v) is 3.63. The van der Waals surface area contributed by atoms with Gasteiger partial charge in [0.1, 0.15) is 0 Å². The fourth-order valence-corrected chi connectivity index (χ4v) is 1.73. The average molecular weight is 206 g/mol. The van der Waals surface area contributed by atoms with Crippen LogP contribution in [0.4, 0.5) is 0 Å². The number of rotatable bonds is 5. The Morgan fingerprint density at radius 1 is 1.33 bits per heavy atom. The summed E-state index contributed by atoms with van der Waals surface area (Å²) in [5.41, 5.74) is 1.31. The second-order valence-electron chi connectivity index (χ2n) is 3.63. The first-order valence-corrected chi connectivity index (χ1v) is 5.39. The van der Waals surface area contributed by atoms with Gasteiger partial charge in [-0.25, -0.2) is 0 Å². The van der Waals surface area contributed by atoms with E-state index in [-0.39, 0.29) is 5.97 Å². The molecule has 0 spiro atoms. The van der Waals surface area contributed by atoms with Crippen LogP contribution in [0.1, 0.15) is 37.7 Å². The molecule has 0 saturated carbocycles. The molecule has 0 aliphatic carbocycles. The van der Waals surface area contributed by atoms with Crippen molar-refractivity contribution in [3.8, 4) is 0 Å². The van der Waals surface area contributed by atoms with Gasteiger partial charge in [-0.15, -0.1) is 0 Å². The van der Waals surface area contributed by atoms with Gasteiger partial charge >= 0.3 is 5.97 Å². The van der Waals surface area contributed by atoms with Crippen molar-refractivity contribution >= 4 is 5.97 Å². The van der Waals surface area contributed by atoms with Gasteiger partial charge in [0.05, 0.1) is 7.11 Å². The summed E-state index contributed by atoms with van der Waals surface area (Å²) in [7, 11) is 1.44. The highest BCUT2D eigenvalue weighted by Crippen LogP contribution is 2.24. The van der Waals surface area contributed by atoms with E-state index < -0.39 is 0 Å². The number of hydrogen-bond acceptors (Lipinski definition) is 2. The van der Waals surface area contributed by atoms with Crippen molar-refractivity contribution in [2.75, 3.05) is 7.11 Å². The molecule has 1 aromatic rings. The molecule has 0 aliphatic rings. The number of esters is 1. The molecule has 1 unspecified atom stereocenters. The van der Waals surface area contributed by atoms with E-state index in [1.54, 1.807) is 0 Å². The van der Waals surface area contributed by atoms with E-state index >= 15 is 0 Å². The lowest BCUT2D eigenvalue weighted by Crippen LogP contribution is -2.04. The zero-order chi connectivity index (χ0) is 11.1. The predicted octanol–water partition coefficient (Wildman–Crippen LogP) is 3.13. The van der Waals surface area contributed by atoms with Gasteiger partial charge in [0.2, 0.25) is 0 Å². The van der Waals surface area contributed by atoms with E-state index in [1.165, 1.54) is 12.7 Å². The summed E-state index contributed by atoms with van der Waals surface area (Å²) in [6, 6.07) is 10.3. The molecule has 1 atom stereocenters. The first-order chi connectivity index (χ1) is 7.27. The monoisotopic (exact) mass is 206 g/mol. The molecule has 1 rings (SSSR count). The Morgan fingerprint density at radius 2 is 2.00 bits per heavy atom. The molecule has 15 heavy (non-hydrogen) atoms. The van der Waals surface area contributed by atoms with E-state index in [0.29, 0.717) is 12.3 Å². The van der Waals surface area contributed by atoms with Gasteiger partial charge in [-0.05, 0) is 24.3 Å². The maximum atomic E-state index is 11.0. The highest BCUT2D eigenvalue weighted by atomic mass is 16.5. The summed E-state index contributed by atoms with van der Waals surface area (Å²) < 4.78 is 4.64. The largest absolute Gasteiger partial charge is 0.469 e. The molecule has 0 saturated heterocycles. The SMILES string of the molecule is CCC(CCC(=O)OC)c1ccccc1. The Balaban J connectivity index is 2.53. The number of carbonyl (C=O) groups excluding carboxylic acids is 1. The molecule has 0 fully saturated rings. The van der Waals surface area contributed by atoms with E-state index in [9.17, 15) is 4.79 Å². The smallest absolute Gasteiger partial charge is 0.305 e. The minimum Gasteiger partial charge on any atom is -0.469 e. The lowest BCUT2D eigenvalue weighted by Gasteiger charge is -2.14. The first kappa shape index (κ1) is 11.8. The van der Waals surface area contributed by atoms with Gasteiger partial charge in [0.15, 0.2) is 0 Å². The van der Waals surface area contributed by atoms with E-state index in [1.807, 2.05) is 18.2 Å². The standard InChI is InChI=1S/C13H18O2/c1-3-11(9-10-13(14)15-2)12-7-5-4-6-8-12/h4-8,11H,3,9-10H2,1-2H3. The minimum absolute atomic E-state index is 0.121. The predicted molar refractivity (Wildman–Crippen MR) is 60.7 cm³/mol. The van der Waals surface area contributed by atoms with Crippen molar-refractivity contribution in [1.82, 2.24) is 0 Å². The summed E-state index contributed by atoms with van der Waals surface area (Å²) in [4.78, 5) is 11.0. The Kier molecular flexibility index (Phi) is 4.88. The van der Waals surface area contributed by atoms with Crippen LogP contribution in [0.5, 0.6) is 0 Å². The third-order valence-electron chi connectivity index (χ3n) is 2.69. The van der Waals surface area contributed by atoms with Crippen LogP contribution >= 0.6 is 0 Å². The van der Waals surface area contributed by atoms with Gasteiger partial charge in [0, 0.05) is 6.42 Å². The third-order valence-corrected chi connectivity index (χ3v) is 2.69. The van der Waals surface area contributed by atoms with Crippen LogP contribution in [0, 0.1) is 0 Å². The van der Waals surface area contributed by atoms with Crippen molar-refractivity contribution < 1.29 is 9.53 Å². The van der Waals surface area contributed by atoms with Crippen molar-refractivity contribution in [1.29, 1.82) is 0 Å². The number of carbonyl (C=O) groups is 1. The number of ether oxygens (including phenoxy) is 1. The van der Waals surface area contributed by atoms with Gasteiger partial charge in [-0.2, -0.15) is 0 Å². The van der Waals surface area contributed by atoms with Crippen LogP contribution in [0.15, 0.2) is 30.3 Å². The molecular formula is C13H18O2. The summed E-state index contributed by atoms with van der Waals surface area (Å²) >= 11 is 0. The maximum absolute atomic E-state index is 11.0. The first-order valence-electron chi connectivity index (χ1n) is 5.39. The number of hydrogen-bond donors (Lipinski definition) is 0. The molecule has 0 N–H and O–H groups in total. The zero-order valence-corrected chi connectivity index (χ0v) is 9.40. The fraction of sp³-hybridized carbons (Fsp3) is 0.462. The molecule has 0 bridgehead atoms. The molecule has 1 aromatic carbocycles. The molecule has 82 valence electrons.